The molecule has 0 fully saturated rings. The van der Waals surface area contributed by atoms with Gasteiger partial charge in [-0.05, 0) is 17.7 Å². The fourth-order valence-corrected chi connectivity index (χ4v) is 2.79. The van der Waals surface area contributed by atoms with Gasteiger partial charge in [0.05, 0.1) is 22.3 Å². The number of rotatable bonds is 4. The lowest BCUT2D eigenvalue weighted by Gasteiger charge is -2.16. The minimum atomic E-state index is -4.62. The number of hydrogen-bond donors (Lipinski definition) is 1. The number of aromatic nitrogens is 2. The van der Waals surface area contributed by atoms with Crippen LogP contribution in [0.2, 0.25) is 5.02 Å². The molecule has 0 saturated carbocycles. The maximum absolute atomic E-state index is 12.9. The number of carbonyl (C=O) groups is 1. The summed E-state index contributed by atoms with van der Waals surface area (Å²) in [6.07, 6.45) is -6.22. The van der Waals surface area contributed by atoms with E-state index in [0.29, 0.717) is 10.2 Å². The van der Waals surface area contributed by atoms with Crippen LogP contribution >= 0.6 is 11.6 Å². The molecule has 0 unspecified atom stereocenters. The molecule has 2 aromatic carbocycles. The third kappa shape index (κ3) is 4.46. The van der Waals surface area contributed by atoms with Gasteiger partial charge in [0.2, 0.25) is 5.91 Å². The Morgan fingerprint density at radius 2 is 1.81 bits per heavy atom. The Labute approximate surface area is 156 Å². The van der Waals surface area contributed by atoms with Crippen molar-refractivity contribution in [3.05, 3.63) is 75.3 Å². The number of hydrogen-bond acceptors (Lipinski definition) is 3. The van der Waals surface area contributed by atoms with Gasteiger partial charge >= 0.3 is 6.18 Å². The molecule has 0 radical (unpaired) electrons. The highest BCUT2D eigenvalue weighted by atomic mass is 35.5. The number of fused-ring (bicyclic) bond motifs is 1. The zero-order chi connectivity index (χ0) is 19.6. The van der Waals surface area contributed by atoms with E-state index in [1.807, 2.05) is 0 Å². The molecule has 1 heterocycles. The lowest BCUT2D eigenvalue weighted by atomic mass is 10.1. The van der Waals surface area contributed by atoms with Crippen LogP contribution in [0.5, 0.6) is 0 Å². The van der Waals surface area contributed by atoms with E-state index in [2.05, 4.69) is 10.4 Å². The number of carbonyl (C=O) groups excluding carboxylic acids is 1. The predicted molar refractivity (Wildman–Crippen MR) is 95.3 cm³/mol. The van der Waals surface area contributed by atoms with E-state index in [1.54, 1.807) is 30.3 Å². The zero-order valence-electron chi connectivity index (χ0n) is 13.8. The molecule has 0 aliphatic rings. The van der Waals surface area contributed by atoms with Crippen molar-refractivity contribution >= 4 is 28.4 Å². The lowest BCUT2D eigenvalue weighted by molar-refractivity contribution is -0.129. The average Bonchev–Trinajstić information content (AvgIpc) is 2.59. The smallest absolute Gasteiger partial charge is 0.273 e. The second kappa shape index (κ2) is 7.40. The Morgan fingerprint density at radius 1 is 1.11 bits per heavy atom. The molecule has 0 spiro atoms. The quantitative estimate of drug-likeness (QED) is 0.735. The summed E-state index contributed by atoms with van der Waals surface area (Å²) in [4.78, 5) is 28.8. The van der Waals surface area contributed by atoms with Gasteiger partial charge in [-0.15, -0.1) is 0 Å². The summed E-state index contributed by atoms with van der Waals surface area (Å²) in [5.74, 6) is -1.29. The molecule has 1 N–H and O–H groups in total. The van der Waals surface area contributed by atoms with Crippen LogP contribution < -0.4 is 11.0 Å². The molecule has 0 aliphatic carbocycles. The minimum Gasteiger partial charge on any atom is -0.273 e. The first-order valence-electron chi connectivity index (χ1n) is 7.85. The van der Waals surface area contributed by atoms with E-state index in [-0.39, 0.29) is 22.3 Å². The van der Waals surface area contributed by atoms with Crippen molar-refractivity contribution in [3.8, 4) is 0 Å². The highest BCUT2D eigenvalue weighted by Gasteiger charge is 2.31. The largest absolute Gasteiger partial charge is 0.396 e. The van der Waals surface area contributed by atoms with E-state index in [9.17, 15) is 22.8 Å². The summed E-state index contributed by atoms with van der Waals surface area (Å²) in [5.41, 5.74) is 2.00. The molecule has 27 heavy (non-hydrogen) atoms. The Morgan fingerprint density at radius 3 is 2.48 bits per heavy atom. The van der Waals surface area contributed by atoms with Crippen molar-refractivity contribution < 1.29 is 18.0 Å². The lowest BCUT2D eigenvalue weighted by Crippen LogP contribution is -2.38. The maximum atomic E-state index is 12.9. The van der Waals surface area contributed by atoms with E-state index in [4.69, 9.17) is 11.6 Å². The Balaban J connectivity index is 2.04. The molecule has 140 valence electrons. The average molecular weight is 396 g/mol. The standard InChI is InChI=1S/C18H13ClF3N3O2/c19-13-8-4-7-12-16(13)23-14(10-18(20,21)22)25(17(12)27)24-15(26)9-11-5-2-1-3-6-11/h1-8H,9-10H2,(H,24,26). The van der Waals surface area contributed by atoms with Crippen LogP contribution in [-0.2, 0) is 17.6 Å². The SMILES string of the molecule is O=C(Cc1ccccc1)Nn1c(CC(F)(F)F)nc2c(Cl)cccc2c1=O. The van der Waals surface area contributed by atoms with Crippen LogP contribution in [0.25, 0.3) is 10.9 Å². The maximum Gasteiger partial charge on any atom is 0.396 e. The minimum absolute atomic E-state index is 0.00781. The van der Waals surface area contributed by atoms with Crippen LogP contribution in [0.15, 0.2) is 53.3 Å². The van der Waals surface area contributed by atoms with Crippen molar-refractivity contribution in [3.63, 3.8) is 0 Å². The molecule has 5 nitrogen and oxygen atoms in total. The van der Waals surface area contributed by atoms with Gasteiger partial charge in [-0.25, -0.2) is 9.66 Å². The monoisotopic (exact) mass is 395 g/mol. The third-order valence-electron chi connectivity index (χ3n) is 3.72. The van der Waals surface area contributed by atoms with E-state index < -0.39 is 29.9 Å². The number of nitrogens with zero attached hydrogens (tertiary/aromatic N) is 2. The van der Waals surface area contributed by atoms with Gasteiger partial charge in [0, 0.05) is 0 Å². The molecule has 1 aromatic heterocycles. The molecule has 0 saturated heterocycles. The summed E-state index contributed by atoms with van der Waals surface area (Å²) in [5, 5.41) is 0.0595. The number of amides is 1. The van der Waals surface area contributed by atoms with Crippen molar-refractivity contribution in [2.45, 2.75) is 19.0 Å². The summed E-state index contributed by atoms with van der Waals surface area (Å²) >= 11 is 5.96. The fourth-order valence-electron chi connectivity index (χ4n) is 2.58. The van der Waals surface area contributed by atoms with Crippen molar-refractivity contribution in [1.29, 1.82) is 0 Å². The summed E-state index contributed by atoms with van der Waals surface area (Å²) in [6.45, 7) is 0. The van der Waals surface area contributed by atoms with Crippen molar-refractivity contribution in [2.24, 2.45) is 0 Å². The third-order valence-corrected chi connectivity index (χ3v) is 4.03. The molecule has 0 aliphatic heterocycles. The Bertz CT molecular complexity index is 1050. The van der Waals surface area contributed by atoms with Crippen LogP contribution in [0.3, 0.4) is 0 Å². The molecular weight excluding hydrogens is 383 g/mol. The first kappa shape index (κ1) is 18.9. The summed E-state index contributed by atoms with van der Waals surface area (Å²) < 4.78 is 39.3. The predicted octanol–water partition coefficient (Wildman–Crippen LogP) is 3.47. The van der Waals surface area contributed by atoms with Gasteiger partial charge in [-0.1, -0.05) is 48.0 Å². The fraction of sp³-hybridized carbons (Fsp3) is 0.167. The van der Waals surface area contributed by atoms with Crippen LogP contribution in [0.1, 0.15) is 11.4 Å². The second-order valence-electron chi connectivity index (χ2n) is 5.79. The highest BCUT2D eigenvalue weighted by Crippen LogP contribution is 2.23. The van der Waals surface area contributed by atoms with Crippen LogP contribution in [-0.4, -0.2) is 21.7 Å². The van der Waals surface area contributed by atoms with Crippen molar-refractivity contribution in [1.82, 2.24) is 9.66 Å². The molecule has 0 bridgehead atoms. The van der Waals surface area contributed by atoms with Crippen LogP contribution in [0.4, 0.5) is 13.2 Å². The van der Waals surface area contributed by atoms with E-state index in [1.165, 1.54) is 18.2 Å². The summed E-state index contributed by atoms with van der Waals surface area (Å²) in [7, 11) is 0. The van der Waals surface area contributed by atoms with Gasteiger partial charge in [0.1, 0.15) is 12.2 Å². The zero-order valence-corrected chi connectivity index (χ0v) is 14.5. The van der Waals surface area contributed by atoms with Gasteiger partial charge in [-0.3, -0.25) is 15.0 Å². The first-order valence-corrected chi connectivity index (χ1v) is 8.23. The number of para-hydroxylation sites is 1. The first-order chi connectivity index (χ1) is 12.7. The van der Waals surface area contributed by atoms with Gasteiger partial charge in [0.15, 0.2) is 0 Å². The number of nitrogens with one attached hydrogen (secondary N) is 1. The number of benzene rings is 2. The molecule has 3 aromatic rings. The molecule has 3 rings (SSSR count). The van der Waals surface area contributed by atoms with Gasteiger partial charge < -0.3 is 0 Å². The Kier molecular flexibility index (Phi) is 5.18. The van der Waals surface area contributed by atoms with Crippen molar-refractivity contribution in [2.75, 3.05) is 5.43 Å². The van der Waals surface area contributed by atoms with E-state index in [0.717, 1.165) is 0 Å². The number of halogens is 4. The normalized spacial score (nSPS) is 11.6. The highest BCUT2D eigenvalue weighted by molar-refractivity contribution is 6.34. The molecule has 0 atom stereocenters. The van der Waals surface area contributed by atoms with Crippen LogP contribution in [0, 0.1) is 0 Å². The topological polar surface area (TPSA) is 64.0 Å². The molecule has 9 heteroatoms. The molecule has 1 amide bonds. The number of alkyl halides is 3. The summed E-state index contributed by atoms with van der Waals surface area (Å²) in [6, 6.07) is 12.9. The molecular formula is C18H13ClF3N3O2. The van der Waals surface area contributed by atoms with Gasteiger partial charge in [0.25, 0.3) is 5.56 Å². The van der Waals surface area contributed by atoms with E-state index >= 15 is 0 Å². The van der Waals surface area contributed by atoms with Gasteiger partial charge in [-0.2, -0.15) is 13.2 Å². The second-order valence-corrected chi connectivity index (χ2v) is 6.20. The Hall–Kier alpha value is -2.87.